The van der Waals surface area contributed by atoms with Gasteiger partial charge in [-0.2, -0.15) is 0 Å². The van der Waals surface area contributed by atoms with Crippen LogP contribution >= 0.6 is 0 Å². The van der Waals surface area contributed by atoms with E-state index in [0.717, 1.165) is 6.07 Å². The van der Waals surface area contributed by atoms with Gasteiger partial charge in [-0.3, -0.25) is 0 Å². The van der Waals surface area contributed by atoms with Gasteiger partial charge in [0.15, 0.2) is 0 Å². The van der Waals surface area contributed by atoms with Crippen molar-refractivity contribution in [1.29, 1.82) is 0 Å². The van der Waals surface area contributed by atoms with Crippen LogP contribution in [0.2, 0.25) is 0 Å². The summed E-state index contributed by atoms with van der Waals surface area (Å²) in [7, 11) is -4.42. The molecular weight excluding hydrogens is 345 g/mol. The molecule has 0 heterocycles. The Morgan fingerprint density at radius 2 is 1.80 bits per heavy atom. The number of hydrogen-bond donors (Lipinski definition) is 1. The monoisotopic (exact) mass is 365 g/mol. The van der Waals surface area contributed by atoms with Crippen molar-refractivity contribution >= 4 is 16.1 Å². The molecule has 134 valence electrons. The molecule has 0 aliphatic rings. The average molecular weight is 365 g/mol. The normalized spacial score (nSPS) is 11.4. The maximum absolute atomic E-state index is 14.3. The van der Waals surface area contributed by atoms with Crippen molar-refractivity contribution in [1.82, 2.24) is 4.72 Å². The fraction of sp³-hybridized carbons (Fsp3) is 0.278. The number of carbonyl (C=O) groups is 1. The van der Waals surface area contributed by atoms with Crippen molar-refractivity contribution in [3.05, 3.63) is 54.3 Å². The molecule has 0 saturated carbocycles. The Labute approximate surface area is 146 Å². The lowest BCUT2D eigenvalue weighted by molar-refractivity contribution is 0.146. The Morgan fingerprint density at radius 1 is 1.12 bits per heavy atom. The van der Waals surface area contributed by atoms with Crippen LogP contribution in [0.5, 0.6) is 0 Å². The number of hydrogen-bond acceptors (Lipinski definition) is 4. The molecule has 1 amide bonds. The molecule has 0 aliphatic heterocycles. The first kappa shape index (κ1) is 18.9. The summed E-state index contributed by atoms with van der Waals surface area (Å²) in [4.78, 5) is 11.2. The summed E-state index contributed by atoms with van der Waals surface area (Å²) in [6, 6.07) is 12.4. The van der Waals surface area contributed by atoms with E-state index >= 15 is 0 Å². The molecular formula is C18H20FNO4S. The highest BCUT2D eigenvalue weighted by molar-refractivity contribution is 7.90. The predicted octanol–water partition coefficient (Wildman–Crippen LogP) is 3.95. The quantitative estimate of drug-likeness (QED) is 0.841. The lowest BCUT2D eigenvalue weighted by Crippen LogP contribution is -2.32. The largest absolute Gasteiger partial charge is 0.449 e. The molecule has 0 aliphatic carbocycles. The fourth-order valence-corrected chi connectivity index (χ4v) is 3.39. The van der Waals surface area contributed by atoms with Gasteiger partial charge in [0.1, 0.15) is 10.7 Å². The molecule has 0 atom stereocenters. The van der Waals surface area contributed by atoms with Crippen LogP contribution in [0.25, 0.3) is 11.1 Å². The standard InChI is InChI=1S/C18H20FNO4S/c1-13(2)11-12-24-18(21)20-25(22,23)17-15(9-6-10-16(17)19)14-7-4-3-5-8-14/h3-10,13H,11-12H2,1-2H3,(H,20,21). The molecule has 2 aromatic carbocycles. The van der Waals surface area contributed by atoms with Gasteiger partial charge in [-0.25, -0.2) is 22.3 Å². The SMILES string of the molecule is CC(C)CCOC(=O)NS(=O)(=O)c1c(F)cccc1-c1ccccc1. The first-order valence-electron chi connectivity index (χ1n) is 7.85. The Hall–Kier alpha value is -2.41. The number of ether oxygens (including phenoxy) is 1. The van der Waals surface area contributed by atoms with E-state index in [2.05, 4.69) is 0 Å². The number of rotatable bonds is 6. The van der Waals surface area contributed by atoms with Crippen molar-refractivity contribution in [3.8, 4) is 11.1 Å². The van der Waals surface area contributed by atoms with Gasteiger partial charge >= 0.3 is 6.09 Å². The number of halogens is 1. The number of nitrogens with one attached hydrogen (secondary N) is 1. The molecule has 0 unspecified atom stereocenters. The van der Waals surface area contributed by atoms with E-state index in [1.807, 2.05) is 13.8 Å². The lowest BCUT2D eigenvalue weighted by atomic mass is 10.1. The number of carbonyl (C=O) groups excluding carboxylic acids is 1. The molecule has 0 fully saturated rings. The highest BCUT2D eigenvalue weighted by Gasteiger charge is 2.26. The smallest absolute Gasteiger partial charge is 0.421 e. The van der Waals surface area contributed by atoms with E-state index in [-0.39, 0.29) is 12.2 Å². The highest BCUT2D eigenvalue weighted by atomic mass is 32.2. The summed E-state index contributed by atoms with van der Waals surface area (Å²) in [5, 5.41) is 0. The van der Waals surface area contributed by atoms with Crippen molar-refractivity contribution in [2.45, 2.75) is 25.2 Å². The Bertz CT molecular complexity index is 835. The summed E-state index contributed by atoms with van der Waals surface area (Å²) in [5.41, 5.74) is 0.693. The minimum absolute atomic E-state index is 0.0852. The van der Waals surface area contributed by atoms with Crippen LogP contribution < -0.4 is 4.72 Å². The molecule has 0 bridgehead atoms. The Kier molecular flexibility index (Phi) is 6.14. The second kappa shape index (κ2) is 8.11. The van der Waals surface area contributed by atoms with Gasteiger partial charge in [0.25, 0.3) is 10.0 Å². The fourth-order valence-electron chi connectivity index (χ4n) is 2.20. The molecule has 7 heteroatoms. The Balaban J connectivity index is 2.29. The maximum atomic E-state index is 14.3. The molecule has 1 N–H and O–H groups in total. The number of amides is 1. The third-order valence-corrected chi connectivity index (χ3v) is 4.85. The molecule has 2 rings (SSSR count). The molecule has 0 radical (unpaired) electrons. The van der Waals surface area contributed by atoms with E-state index in [1.54, 1.807) is 35.1 Å². The van der Waals surface area contributed by atoms with Crippen LogP contribution in [0.4, 0.5) is 9.18 Å². The van der Waals surface area contributed by atoms with Crippen LogP contribution in [-0.4, -0.2) is 21.1 Å². The summed E-state index contributed by atoms with van der Waals surface area (Å²) in [6.07, 6.45) is -0.523. The van der Waals surface area contributed by atoms with Gasteiger partial charge in [0.2, 0.25) is 0 Å². The van der Waals surface area contributed by atoms with E-state index < -0.39 is 26.8 Å². The molecule has 0 spiro atoms. The summed E-state index contributed by atoms with van der Waals surface area (Å²) in [6.45, 7) is 3.98. The zero-order valence-corrected chi connectivity index (χ0v) is 14.8. The van der Waals surface area contributed by atoms with Crippen LogP contribution in [0.15, 0.2) is 53.4 Å². The van der Waals surface area contributed by atoms with E-state index in [4.69, 9.17) is 4.74 Å². The number of benzene rings is 2. The summed E-state index contributed by atoms with van der Waals surface area (Å²) >= 11 is 0. The maximum Gasteiger partial charge on any atom is 0.421 e. The van der Waals surface area contributed by atoms with Crippen molar-refractivity contribution in [3.63, 3.8) is 0 Å². The van der Waals surface area contributed by atoms with Crippen LogP contribution in [0.1, 0.15) is 20.3 Å². The third kappa shape index (κ3) is 5.03. The van der Waals surface area contributed by atoms with E-state index in [1.165, 1.54) is 12.1 Å². The molecule has 0 saturated heterocycles. The van der Waals surface area contributed by atoms with Gasteiger partial charge in [0.05, 0.1) is 6.61 Å². The van der Waals surface area contributed by atoms with Gasteiger partial charge in [-0.05, 0) is 24.0 Å². The predicted molar refractivity (Wildman–Crippen MR) is 93.0 cm³/mol. The van der Waals surface area contributed by atoms with Crippen molar-refractivity contribution < 1.29 is 22.3 Å². The zero-order valence-electron chi connectivity index (χ0n) is 14.0. The lowest BCUT2D eigenvalue weighted by Gasteiger charge is -2.13. The first-order chi connectivity index (χ1) is 11.8. The van der Waals surface area contributed by atoms with Crippen LogP contribution in [0, 0.1) is 11.7 Å². The third-order valence-electron chi connectivity index (χ3n) is 3.47. The minimum atomic E-state index is -4.42. The molecule has 0 aromatic heterocycles. The van der Waals surface area contributed by atoms with Crippen LogP contribution in [0.3, 0.4) is 0 Å². The Morgan fingerprint density at radius 3 is 2.44 bits per heavy atom. The van der Waals surface area contributed by atoms with Crippen molar-refractivity contribution in [2.24, 2.45) is 5.92 Å². The van der Waals surface area contributed by atoms with E-state index in [9.17, 15) is 17.6 Å². The topological polar surface area (TPSA) is 72.5 Å². The van der Waals surface area contributed by atoms with Crippen molar-refractivity contribution in [2.75, 3.05) is 6.61 Å². The van der Waals surface area contributed by atoms with E-state index in [0.29, 0.717) is 17.9 Å². The van der Waals surface area contributed by atoms with Gasteiger partial charge in [0, 0.05) is 5.56 Å². The minimum Gasteiger partial charge on any atom is -0.449 e. The first-order valence-corrected chi connectivity index (χ1v) is 9.33. The van der Waals surface area contributed by atoms with Gasteiger partial charge in [-0.15, -0.1) is 0 Å². The van der Waals surface area contributed by atoms with Crippen LogP contribution in [-0.2, 0) is 14.8 Å². The average Bonchev–Trinajstić information content (AvgIpc) is 2.54. The number of sulfonamides is 1. The second-order valence-electron chi connectivity index (χ2n) is 5.91. The molecule has 5 nitrogen and oxygen atoms in total. The second-order valence-corrected chi connectivity index (χ2v) is 7.53. The highest BCUT2D eigenvalue weighted by Crippen LogP contribution is 2.29. The molecule has 25 heavy (non-hydrogen) atoms. The van der Waals surface area contributed by atoms with Gasteiger partial charge < -0.3 is 4.74 Å². The zero-order chi connectivity index (χ0) is 18.4. The molecule has 2 aromatic rings. The summed E-state index contributed by atoms with van der Waals surface area (Å²) in [5.74, 6) is -0.635. The van der Waals surface area contributed by atoms with Gasteiger partial charge in [-0.1, -0.05) is 56.3 Å². The summed E-state index contributed by atoms with van der Waals surface area (Å²) < 4.78 is 45.9.